The molecular weight excluding hydrogens is 268 g/mol. The Bertz CT molecular complexity index is 386. The van der Waals surface area contributed by atoms with E-state index in [1.54, 1.807) is 11.3 Å². The molecule has 0 saturated carbocycles. The van der Waals surface area contributed by atoms with Crippen LogP contribution in [0.3, 0.4) is 0 Å². The van der Waals surface area contributed by atoms with E-state index in [0.717, 1.165) is 25.2 Å². The maximum atomic E-state index is 5.84. The van der Waals surface area contributed by atoms with Gasteiger partial charge in [0.15, 0.2) is 0 Å². The van der Waals surface area contributed by atoms with E-state index >= 15 is 0 Å². The number of alkyl halides is 1. The van der Waals surface area contributed by atoms with Crippen LogP contribution in [0.15, 0.2) is 5.38 Å². The highest BCUT2D eigenvalue weighted by atomic mass is 35.5. The van der Waals surface area contributed by atoms with Crippen molar-refractivity contribution < 1.29 is 4.74 Å². The van der Waals surface area contributed by atoms with E-state index in [1.165, 1.54) is 30.8 Å². The highest BCUT2D eigenvalue weighted by Gasteiger charge is 2.33. The topological polar surface area (TPSA) is 25.4 Å². The maximum absolute atomic E-state index is 5.84. The van der Waals surface area contributed by atoms with Gasteiger partial charge in [-0.3, -0.25) is 4.90 Å². The zero-order valence-electron chi connectivity index (χ0n) is 10.5. The van der Waals surface area contributed by atoms with Crippen LogP contribution in [0.5, 0.6) is 0 Å². The summed E-state index contributed by atoms with van der Waals surface area (Å²) in [5.41, 5.74) is 1.01. The van der Waals surface area contributed by atoms with Gasteiger partial charge in [0.25, 0.3) is 0 Å². The molecule has 2 fully saturated rings. The zero-order chi connectivity index (χ0) is 12.4. The van der Waals surface area contributed by atoms with Gasteiger partial charge in [-0.05, 0) is 25.8 Å². The molecule has 100 valence electrons. The van der Waals surface area contributed by atoms with E-state index < -0.39 is 0 Å². The Morgan fingerprint density at radius 1 is 1.39 bits per heavy atom. The fourth-order valence-corrected chi connectivity index (χ4v) is 3.93. The summed E-state index contributed by atoms with van der Waals surface area (Å²) in [4.78, 5) is 7.05. The van der Waals surface area contributed by atoms with E-state index in [2.05, 4.69) is 15.3 Å². The molecular formula is C13H19ClN2OS. The molecule has 2 bridgehead atoms. The molecule has 2 unspecified atom stereocenters. The van der Waals surface area contributed by atoms with Gasteiger partial charge in [-0.15, -0.1) is 22.9 Å². The van der Waals surface area contributed by atoms with Gasteiger partial charge in [-0.25, -0.2) is 4.98 Å². The van der Waals surface area contributed by atoms with Gasteiger partial charge in [0.2, 0.25) is 0 Å². The van der Waals surface area contributed by atoms with Crippen molar-refractivity contribution in [3.8, 4) is 0 Å². The quantitative estimate of drug-likeness (QED) is 0.778. The van der Waals surface area contributed by atoms with Crippen molar-refractivity contribution in [3.05, 3.63) is 16.1 Å². The molecule has 2 aliphatic heterocycles. The molecule has 0 amide bonds. The largest absolute Gasteiger partial charge is 0.372 e. The summed E-state index contributed by atoms with van der Waals surface area (Å²) in [6.45, 7) is 3.43. The molecule has 2 aliphatic rings. The smallest absolute Gasteiger partial charge is 0.0929 e. The SMILES string of the molecule is ClCc1csc(CCCN2CC3CCC(C2)O3)n1. The van der Waals surface area contributed by atoms with Gasteiger partial charge >= 0.3 is 0 Å². The fraction of sp³-hybridized carbons (Fsp3) is 0.769. The van der Waals surface area contributed by atoms with Crippen LogP contribution in [0, 0.1) is 0 Å². The average molecular weight is 287 g/mol. The second-order valence-corrected chi connectivity index (χ2v) is 6.40. The first-order valence-corrected chi connectivity index (χ1v) is 8.12. The van der Waals surface area contributed by atoms with Crippen LogP contribution in [-0.4, -0.2) is 41.7 Å². The molecule has 3 heterocycles. The summed E-state index contributed by atoms with van der Waals surface area (Å²) in [5, 5.41) is 3.29. The van der Waals surface area contributed by atoms with Crippen molar-refractivity contribution >= 4 is 22.9 Å². The molecule has 3 nitrogen and oxygen atoms in total. The molecule has 3 rings (SSSR count). The van der Waals surface area contributed by atoms with Gasteiger partial charge in [0.1, 0.15) is 0 Å². The third-order valence-electron chi connectivity index (χ3n) is 3.72. The number of nitrogens with zero attached hydrogens (tertiary/aromatic N) is 2. The highest BCUT2D eigenvalue weighted by molar-refractivity contribution is 7.09. The van der Waals surface area contributed by atoms with Crippen LogP contribution in [0.1, 0.15) is 30.0 Å². The molecule has 0 spiro atoms. The van der Waals surface area contributed by atoms with Crippen LogP contribution in [0.4, 0.5) is 0 Å². The fourth-order valence-electron chi connectivity index (χ4n) is 2.86. The summed E-state index contributed by atoms with van der Waals surface area (Å²) < 4.78 is 5.84. The van der Waals surface area contributed by atoms with Crippen LogP contribution in [-0.2, 0) is 17.0 Å². The number of halogens is 1. The van der Waals surface area contributed by atoms with Crippen LogP contribution in [0.25, 0.3) is 0 Å². The van der Waals surface area contributed by atoms with E-state index in [4.69, 9.17) is 16.3 Å². The molecule has 2 atom stereocenters. The lowest BCUT2D eigenvalue weighted by atomic mass is 10.2. The second-order valence-electron chi connectivity index (χ2n) is 5.19. The van der Waals surface area contributed by atoms with Gasteiger partial charge in [0, 0.05) is 24.9 Å². The minimum absolute atomic E-state index is 0.506. The number of hydrogen-bond acceptors (Lipinski definition) is 4. The highest BCUT2D eigenvalue weighted by Crippen LogP contribution is 2.26. The monoisotopic (exact) mass is 286 g/mol. The van der Waals surface area contributed by atoms with Crippen LogP contribution in [0.2, 0.25) is 0 Å². The molecule has 18 heavy (non-hydrogen) atoms. The van der Waals surface area contributed by atoms with Gasteiger partial charge in [-0.1, -0.05) is 0 Å². The molecule has 1 aromatic heterocycles. The Labute approximate surface area is 117 Å². The molecule has 0 radical (unpaired) electrons. The number of ether oxygens (including phenoxy) is 1. The first-order chi connectivity index (χ1) is 8.83. The third-order valence-corrected chi connectivity index (χ3v) is 4.95. The van der Waals surface area contributed by atoms with E-state index in [-0.39, 0.29) is 0 Å². The second kappa shape index (κ2) is 5.87. The van der Waals surface area contributed by atoms with Crippen molar-refractivity contribution in [3.63, 3.8) is 0 Å². The van der Waals surface area contributed by atoms with Crippen molar-refractivity contribution in [1.82, 2.24) is 9.88 Å². The maximum Gasteiger partial charge on any atom is 0.0929 e. The summed E-state index contributed by atoms with van der Waals surface area (Å²) in [5.74, 6) is 0.531. The lowest BCUT2D eigenvalue weighted by Crippen LogP contribution is -2.42. The lowest BCUT2D eigenvalue weighted by molar-refractivity contribution is -0.0383. The Balaban J connectivity index is 1.42. The summed E-state index contributed by atoms with van der Waals surface area (Å²) in [6, 6.07) is 0. The Morgan fingerprint density at radius 3 is 2.83 bits per heavy atom. The third kappa shape index (κ3) is 3.05. The molecule has 2 saturated heterocycles. The zero-order valence-corrected chi connectivity index (χ0v) is 12.1. The first kappa shape index (κ1) is 12.9. The van der Waals surface area contributed by atoms with Crippen molar-refractivity contribution in [2.45, 2.75) is 43.8 Å². The Morgan fingerprint density at radius 2 is 2.17 bits per heavy atom. The number of fused-ring (bicyclic) bond motifs is 2. The normalized spacial score (nSPS) is 27.8. The minimum Gasteiger partial charge on any atom is -0.372 e. The summed E-state index contributed by atoms with van der Waals surface area (Å²) >= 11 is 7.49. The lowest BCUT2D eigenvalue weighted by Gasteiger charge is -2.31. The summed E-state index contributed by atoms with van der Waals surface area (Å²) in [6.07, 6.45) is 5.79. The molecule has 0 aromatic carbocycles. The summed E-state index contributed by atoms with van der Waals surface area (Å²) in [7, 11) is 0. The molecule has 5 heteroatoms. The van der Waals surface area contributed by atoms with Gasteiger partial charge in [-0.2, -0.15) is 0 Å². The molecule has 1 aromatic rings. The number of hydrogen-bond donors (Lipinski definition) is 0. The van der Waals surface area contributed by atoms with E-state index in [0.29, 0.717) is 18.1 Å². The first-order valence-electron chi connectivity index (χ1n) is 6.70. The molecule has 0 aliphatic carbocycles. The number of aryl methyl sites for hydroxylation is 1. The number of aromatic nitrogens is 1. The van der Waals surface area contributed by atoms with E-state index in [1.807, 2.05) is 0 Å². The van der Waals surface area contributed by atoms with Crippen LogP contribution < -0.4 is 0 Å². The standard InChI is InChI=1S/C13H19ClN2OS/c14-6-10-9-18-13(15-10)2-1-5-16-7-11-3-4-12(8-16)17-11/h9,11-12H,1-8H2. The number of thiazole rings is 1. The Kier molecular flexibility index (Phi) is 4.19. The number of rotatable bonds is 5. The van der Waals surface area contributed by atoms with Crippen molar-refractivity contribution in [2.75, 3.05) is 19.6 Å². The van der Waals surface area contributed by atoms with Crippen molar-refractivity contribution in [2.24, 2.45) is 0 Å². The average Bonchev–Trinajstić information content (AvgIpc) is 2.96. The van der Waals surface area contributed by atoms with Crippen molar-refractivity contribution in [1.29, 1.82) is 0 Å². The van der Waals surface area contributed by atoms with Gasteiger partial charge < -0.3 is 4.74 Å². The Hall–Kier alpha value is -0.160. The number of likely N-dealkylation sites (tertiary alicyclic amines) is 1. The predicted octanol–water partition coefficient (Wildman–Crippen LogP) is 2.68. The van der Waals surface area contributed by atoms with Gasteiger partial charge in [0.05, 0.1) is 28.8 Å². The van der Waals surface area contributed by atoms with Crippen LogP contribution >= 0.6 is 22.9 Å². The predicted molar refractivity (Wildman–Crippen MR) is 74.3 cm³/mol. The van der Waals surface area contributed by atoms with E-state index in [9.17, 15) is 0 Å². The minimum atomic E-state index is 0.506. The number of morpholine rings is 1. The molecule has 0 N–H and O–H groups in total.